The average molecular weight is 307 g/mol. The fourth-order valence-corrected chi connectivity index (χ4v) is 3.94. The summed E-state index contributed by atoms with van der Waals surface area (Å²) in [6.07, 6.45) is -0.290. The smallest absolute Gasteiger partial charge is 0.408 e. The normalized spacial score (nSPS) is 23.1. The molecule has 20 heavy (non-hydrogen) atoms. The van der Waals surface area contributed by atoms with Gasteiger partial charge in [-0.05, 0) is 39.5 Å². The number of rotatable bonds is 4. The summed E-state index contributed by atoms with van der Waals surface area (Å²) in [5.74, 6) is -1.38. The maximum atomic E-state index is 11.6. The van der Waals surface area contributed by atoms with Crippen molar-refractivity contribution >= 4 is 21.9 Å². The van der Waals surface area contributed by atoms with Gasteiger partial charge in [0.2, 0.25) is 0 Å². The second-order valence-electron chi connectivity index (χ2n) is 6.04. The summed E-state index contributed by atoms with van der Waals surface area (Å²) in [5.41, 5.74) is -0.718. The van der Waals surface area contributed by atoms with Crippen molar-refractivity contribution < 1.29 is 27.9 Å². The van der Waals surface area contributed by atoms with Crippen LogP contribution in [0.2, 0.25) is 0 Å². The Hall–Kier alpha value is -1.31. The Labute approximate surface area is 118 Å². The third kappa shape index (κ3) is 5.77. The summed E-state index contributed by atoms with van der Waals surface area (Å²) in [5, 5.41) is 11.4. The number of nitrogens with one attached hydrogen (secondary N) is 1. The molecule has 1 rings (SSSR count). The first-order valence-corrected chi connectivity index (χ1v) is 8.23. The molecule has 1 aliphatic heterocycles. The lowest BCUT2D eigenvalue weighted by Crippen LogP contribution is -2.44. The van der Waals surface area contributed by atoms with Crippen molar-refractivity contribution in [3.63, 3.8) is 0 Å². The highest BCUT2D eigenvalue weighted by atomic mass is 32.2. The zero-order valence-electron chi connectivity index (χ0n) is 11.9. The quantitative estimate of drug-likeness (QED) is 0.794. The van der Waals surface area contributed by atoms with Gasteiger partial charge >= 0.3 is 12.1 Å². The Bertz CT molecular complexity index is 479. The molecule has 2 N–H and O–H groups in total. The van der Waals surface area contributed by atoms with Gasteiger partial charge in [-0.1, -0.05) is 0 Å². The van der Waals surface area contributed by atoms with Gasteiger partial charge < -0.3 is 15.2 Å². The number of carboxylic acids is 1. The number of carbonyl (C=O) groups is 2. The molecule has 0 spiro atoms. The summed E-state index contributed by atoms with van der Waals surface area (Å²) in [7, 11) is -3.06. The number of carbonyl (C=O) groups excluding carboxylic acids is 1. The molecule has 1 amide bonds. The molecule has 2 unspecified atom stereocenters. The van der Waals surface area contributed by atoms with E-state index in [0.717, 1.165) is 0 Å². The van der Waals surface area contributed by atoms with Gasteiger partial charge in [0.1, 0.15) is 11.6 Å². The largest absolute Gasteiger partial charge is 0.480 e. The number of ether oxygens (including phenoxy) is 1. The van der Waals surface area contributed by atoms with Gasteiger partial charge in [-0.2, -0.15) is 0 Å². The highest BCUT2D eigenvalue weighted by Gasteiger charge is 2.33. The van der Waals surface area contributed by atoms with Gasteiger partial charge in [0.25, 0.3) is 0 Å². The molecule has 0 saturated carbocycles. The van der Waals surface area contributed by atoms with Crippen LogP contribution in [0.3, 0.4) is 0 Å². The average Bonchev–Trinajstić information content (AvgIpc) is 2.54. The van der Waals surface area contributed by atoms with E-state index in [2.05, 4.69) is 5.32 Å². The van der Waals surface area contributed by atoms with Crippen LogP contribution in [0.25, 0.3) is 0 Å². The predicted octanol–water partition coefficient (Wildman–Crippen LogP) is 0.789. The first kappa shape index (κ1) is 16.7. The minimum Gasteiger partial charge on any atom is -0.480 e. The number of amides is 1. The lowest BCUT2D eigenvalue weighted by molar-refractivity contribution is -0.139. The minimum atomic E-state index is -3.06. The van der Waals surface area contributed by atoms with Crippen LogP contribution >= 0.6 is 0 Å². The molecule has 1 saturated heterocycles. The van der Waals surface area contributed by atoms with Crippen molar-refractivity contribution in [3.05, 3.63) is 0 Å². The van der Waals surface area contributed by atoms with Crippen LogP contribution in [-0.2, 0) is 19.4 Å². The van der Waals surface area contributed by atoms with Gasteiger partial charge in [-0.15, -0.1) is 0 Å². The van der Waals surface area contributed by atoms with Gasteiger partial charge in [0.15, 0.2) is 9.84 Å². The Kier molecular flexibility index (Phi) is 5.01. The molecule has 1 fully saturated rings. The summed E-state index contributed by atoms with van der Waals surface area (Å²) in [6.45, 7) is 5.02. The topological polar surface area (TPSA) is 110 Å². The van der Waals surface area contributed by atoms with E-state index < -0.39 is 33.5 Å². The fourth-order valence-electron chi connectivity index (χ4n) is 2.06. The number of sulfone groups is 1. The first-order valence-electron chi connectivity index (χ1n) is 6.41. The zero-order valence-corrected chi connectivity index (χ0v) is 12.7. The van der Waals surface area contributed by atoms with Gasteiger partial charge in [-0.25, -0.2) is 18.0 Å². The van der Waals surface area contributed by atoms with Crippen molar-refractivity contribution in [3.8, 4) is 0 Å². The van der Waals surface area contributed by atoms with E-state index >= 15 is 0 Å². The summed E-state index contributed by atoms with van der Waals surface area (Å²) < 4.78 is 27.7. The lowest BCUT2D eigenvalue weighted by Gasteiger charge is -2.22. The molecule has 0 aromatic heterocycles. The molecule has 7 nitrogen and oxygen atoms in total. The molecule has 1 aliphatic rings. The van der Waals surface area contributed by atoms with Crippen LogP contribution in [0.15, 0.2) is 0 Å². The van der Waals surface area contributed by atoms with Crippen molar-refractivity contribution in [2.75, 3.05) is 11.5 Å². The van der Waals surface area contributed by atoms with Crippen molar-refractivity contribution in [2.24, 2.45) is 5.92 Å². The molecule has 0 bridgehead atoms. The maximum absolute atomic E-state index is 11.6. The van der Waals surface area contributed by atoms with E-state index in [9.17, 15) is 18.0 Å². The van der Waals surface area contributed by atoms with E-state index in [0.29, 0.717) is 6.42 Å². The Morgan fingerprint density at radius 1 is 1.40 bits per heavy atom. The second-order valence-corrected chi connectivity index (χ2v) is 8.27. The summed E-state index contributed by atoms with van der Waals surface area (Å²) >= 11 is 0. The van der Waals surface area contributed by atoms with Crippen molar-refractivity contribution in [2.45, 2.75) is 45.3 Å². The van der Waals surface area contributed by atoms with E-state index in [1.54, 1.807) is 20.8 Å². The van der Waals surface area contributed by atoms with Crippen LogP contribution < -0.4 is 5.32 Å². The van der Waals surface area contributed by atoms with Gasteiger partial charge in [0, 0.05) is 0 Å². The van der Waals surface area contributed by atoms with E-state index in [-0.39, 0.29) is 23.8 Å². The first-order chi connectivity index (χ1) is 8.98. The highest BCUT2D eigenvalue weighted by molar-refractivity contribution is 7.91. The number of hydrogen-bond acceptors (Lipinski definition) is 5. The monoisotopic (exact) mass is 307 g/mol. The standard InChI is InChI=1S/C12H21NO6S/c1-12(2,3)19-11(16)13-9(10(14)15)6-8-4-5-20(17,18)7-8/h8-9H,4-7H2,1-3H3,(H,13,16)(H,14,15). The number of carboxylic acid groups (broad SMARTS) is 1. The summed E-state index contributed by atoms with van der Waals surface area (Å²) in [6, 6.07) is -1.14. The van der Waals surface area contributed by atoms with Crippen LogP contribution in [0.1, 0.15) is 33.6 Å². The fraction of sp³-hybridized carbons (Fsp3) is 0.833. The molecular formula is C12H21NO6S. The third-order valence-corrected chi connectivity index (χ3v) is 4.72. The highest BCUT2D eigenvalue weighted by Crippen LogP contribution is 2.23. The molecule has 0 aromatic rings. The van der Waals surface area contributed by atoms with Gasteiger partial charge in [-0.3, -0.25) is 0 Å². The second kappa shape index (κ2) is 5.99. The predicted molar refractivity (Wildman–Crippen MR) is 72.2 cm³/mol. The molecule has 0 aliphatic carbocycles. The van der Waals surface area contributed by atoms with Crippen LogP contribution in [0.4, 0.5) is 4.79 Å². The summed E-state index contributed by atoms with van der Waals surface area (Å²) in [4.78, 5) is 22.7. The molecule has 1 heterocycles. The molecule has 0 aromatic carbocycles. The van der Waals surface area contributed by atoms with Crippen LogP contribution in [0, 0.1) is 5.92 Å². The molecular weight excluding hydrogens is 286 g/mol. The Morgan fingerprint density at radius 3 is 2.40 bits per heavy atom. The van der Waals surface area contributed by atoms with E-state index in [1.165, 1.54) is 0 Å². The SMILES string of the molecule is CC(C)(C)OC(=O)NC(CC1CCS(=O)(=O)C1)C(=O)O. The van der Waals surface area contributed by atoms with Gasteiger partial charge in [0.05, 0.1) is 11.5 Å². The third-order valence-electron chi connectivity index (χ3n) is 2.88. The van der Waals surface area contributed by atoms with E-state index in [4.69, 9.17) is 9.84 Å². The van der Waals surface area contributed by atoms with Crippen LogP contribution in [-0.4, -0.2) is 48.7 Å². The number of hydrogen-bond donors (Lipinski definition) is 2. The number of alkyl carbamates (subject to hydrolysis) is 1. The molecule has 2 atom stereocenters. The lowest BCUT2D eigenvalue weighted by atomic mass is 9.99. The van der Waals surface area contributed by atoms with Crippen molar-refractivity contribution in [1.82, 2.24) is 5.32 Å². The Morgan fingerprint density at radius 2 is 2.00 bits per heavy atom. The minimum absolute atomic E-state index is 0.0211. The van der Waals surface area contributed by atoms with Crippen LogP contribution in [0.5, 0.6) is 0 Å². The number of aliphatic carboxylic acids is 1. The van der Waals surface area contributed by atoms with E-state index in [1.807, 2.05) is 0 Å². The molecule has 8 heteroatoms. The zero-order chi connectivity index (χ0) is 15.6. The Balaban J connectivity index is 2.58. The molecule has 116 valence electrons. The maximum Gasteiger partial charge on any atom is 0.408 e. The molecule has 0 radical (unpaired) electrons. The van der Waals surface area contributed by atoms with Crippen molar-refractivity contribution in [1.29, 1.82) is 0 Å².